The van der Waals surface area contributed by atoms with Crippen molar-refractivity contribution in [2.24, 2.45) is 5.41 Å². The molecule has 1 aromatic carbocycles. The largest absolute Gasteiger partial charge is 0.396 e. The Bertz CT molecular complexity index is 518. The number of aliphatic hydroxyl groups excluding tert-OH is 1. The van der Waals surface area contributed by atoms with E-state index < -0.39 is 0 Å². The van der Waals surface area contributed by atoms with E-state index in [4.69, 9.17) is 16.7 Å². The topological polar surface area (TPSA) is 78.4 Å². The number of carbonyl (C=O) groups is 2. The second-order valence-corrected chi connectivity index (χ2v) is 6.41. The minimum Gasteiger partial charge on any atom is -0.396 e. The van der Waals surface area contributed by atoms with Crippen LogP contribution in [0.15, 0.2) is 24.3 Å². The molecule has 0 fully saturated rings. The summed E-state index contributed by atoms with van der Waals surface area (Å²) >= 11 is 5.81. The Hall–Kier alpha value is -1.59. The van der Waals surface area contributed by atoms with E-state index in [-0.39, 0.29) is 30.4 Å². The summed E-state index contributed by atoms with van der Waals surface area (Å²) in [4.78, 5) is 23.5. The van der Waals surface area contributed by atoms with Gasteiger partial charge in [0, 0.05) is 23.7 Å². The van der Waals surface area contributed by atoms with E-state index >= 15 is 0 Å². The third-order valence-electron chi connectivity index (χ3n) is 3.28. The van der Waals surface area contributed by atoms with E-state index in [2.05, 4.69) is 10.6 Å². The average Bonchev–Trinajstić information content (AvgIpc) is 2.49. The van der Waals surface area contributed by atoms with Gasteiger partial charge in [0.1, 0.15) is 0 Å². The molecular formula is C16H23ClN2O3. The first kappa shape index (κ1) is 18.5. The lowest BCUT2D eigenvalue weighted by Crippen LogP contribution is -2.37. The molecule has 0 aliphatic heterocycles. The molecule has 2 amide bonds. The van der Waals surface area contributed by atoms with Crippen LogP contribution in [-0.2, 0) is 4.79 Å². The highest BCUT2D eigenvalue weighted by Gasteiger charge is 2.15. The standard InChI is InChI=1S/C16H23ClN2O3/c1-16(2,11-20)7-4-8-18-14(21)10-19-15(22)12-5-3-6-13(17)9-12/h3,5-6,9,20H,4,7-8,10-11H2,1-2H3,(H,18,21)(H,19,22). The molecule has 0 bridgehead atoms. The average molecular weight is 327 g/mol. The zero-order valence-corrected chi connectivity index (χ0v) is 13.7. The number of hydrogen-bond donors (Lipinski definition) is 3. The summed E-state index contributed by atoms with van der Waals surface area (Å²) in [7, 11) is 0. The molecule has 5 nitrogen and oxygen atoms in total. The number of aliphatic hydroxyl groups is 1. The minimum absolute atomic E-state index is 0.0747. The van der Waals surface area contributed by atoms with Crippen LogP contribution < -0.4 is 10.6 Å². The van der Waals surface area contributed by atoms with Gasteiger partial charge in [-0.25, -0.2) is 0 Å². The van der Waals surface area contributed by atoms with Gasteiger partial charge in [0.2, 0.25) is 5.91 Å². The monoisotopic (exact) mass is 326 g/mol. The highest BCUT2D eigenvalue weighted by molar-refractivity contribution is 6.30. The Morgan fingerprint density at radius 1 is 1.27 bits per heavy atom. The summed E-state index contributed by atoms with van der Waals surface area (Å²) in [6.07, 6.45) is 1.60. The summed E-state index contributed by atoms with van der Waals surface area (Å²) in [6, 6.07) is 6.54. The van der Waals surface area contributed by atoms with E-state index in [1.807, 2.05) is 13.8 Å². The van der Waals surface area contributed by atoms with Crippen LogP contribution in [0.5, 0.6) is 0 Å². The Labute approximate surface area is 136 Å². The fourth-order valence-electron chi connectivity index (χ4n) is 1.83. The van der Waals surface area contributed by atoms with Gasteiger partial charge in [-0.1, -0.05) is 31.5 Å². The van der Waals surface area contributed by atoms with Crippen molar-refractivity contribution < 1.29 is 14.7 Å². The number of rotatable bonds is 8. The van der Waals surface area contributed by atoms with Crippen LogP contribution in [0.1, 0.15) is 37.0 Å². The van der Waals surface area contributed by atoms with Crippen LogP contribution in [0, 0.1) is 5.41 Å². The molecule has 0 saturated heterocycles. The second kappa shape index (κ2) is 8.76. The number of carbonyl (C=O) groups excluding carboxylic acids is 2. The van der Waals surface area contributed by atoms with Crippen LogP contribution in [0.25, 0.3) is 0 Å². The van der Waals surface area contributed by atoms with Crippen molar-refractivity contribution in [3.8, 4) is 0 Å². The lowest BCUT2D eigenvalue weighted by Gasteiger charge is -2.21. The third kappa shape index (κ3) is 6.91. The van der Waals surface area contributed by atoms with Crippen molar-refractivity contribution in [3.63, 3.8) is 0 Å². The minimum atomic E-state index is -0.334. The van der Waals surface area contributed by atoms with Crippen molar-refractivity contribution in [1.29, 1.82) is 0 Å². The fourth-order valence-corrected chi connectivity index (χ4v) is 2.02. The molecule has 0 unspecified atom stereocenters. The van der Waals surface area contributed by atoms with Gasteiger partial charge in [-0.15, -0.1) is 0 Å². The highest BCUT2D eigenvalue weighted by atomic mass is 35.5. The summed E-state index contributed by atoms with van der Waals surface area (Å²) in [6.45, 7) is 4.51. The van der Waals surface area contributed by atoms with Gasteiger partial charge < -0.3 is 15.7 Å². The Morgan fingerprint density at radius 3 is 2.64 bits per heavy atom. The molecule has 6 heteroatoms. The molecule has 0 aliphatic rings. The van der Waals surface area contributed by atoms with E-state index in [1.54, 1.807) is 24.3 Å². The molecule has 0 radical (unpaired) electrons. The first-order valence-electron chi connectivity index (χ1n) is 7.25. The number of hydrogen-bond acceptors (Lipinski definition) is 3. The van der Waals surface area contributed by atoms with Crippen molar-refractivity contribution in [1.82, 2.24) is 10.6 Å². The third-order valence-corrected chi connectivity index (χ3v) is 3.51. The number of amides is 2. The SMILES string of the molecule is CC(C)(CO)CCCNC(=O)CNC(=O)c1cccc(Cl)c1. The number of benzene rings is 1. The van der Waals surface area contributed by atoms with E-state index in [1.165, 1.54) is 0 Å². The van der Waals surface area contributed by atoms with Gasteiger partial charge >= 0.3 is 0 Å². The van der Waals surface area contributed by atoms with Gasteiger partial charge in [0.15, 0.2) is 0 Å². The first-order valence-corrected chi connectivity index (χ1v) is 7.63. The van der Waals surface area contributed by atoms with Gasteiger partial charge in [-0.2, -0.15) is 0 Å². The Morgan fingerprint density at radius 2 is 2.00 bits per heavy atom. The van der Waals surface area contributed by atoms with Crippen LogP contribution in [0.4, 0.5) is 0 Å². The van der Waals surface area contributed by atoms with Crippen LogP contribution in [-0.4, -0.2) is 36.6 Å². The quantitative estimate of drug-likeness (QED) is 0.639. The Kier molecular flexibility index (Phi) is 7.35. The highest BCUT2D eigenvalue weighted by Crippen LogP contribution is 2.20. The zero-order valence-electron chi connectivity index (χ0n) is 13.0. The van der Waals surface area contributed by atoms with Crippen LogP contribution in [0.2, 0.25) is 5.02 Å². The first-order chi connectivity index (χ1) is 10.3. The van der Waals surface area contributed by atoms with E-state index in [9.17, 15) is 9.59 Å². The second-order valence-electron chi connectivity index (χ2n) is 5.97. The van der Waals surface area contributed by atoms with Crippen molar-refractivity contribution in [2.75, 3.05) is 19.7 Å². The zero-order chi connectivity index (χ0) is 16.6. The van der Waals surface area contributed by atoms with Gasteiger partial charge in [-0.05, 0) is 36.5 Å². The van der Waals surface area contributed by atoms with Crippen molar-refractivity contribution in [2.45, 2.75) is 26.7 Å². The normalized spacial score (nSPS) is 11.1. The van der Waals surface area contributed by atoms with E-state index in [0.29, 0.717) is 17.1 Å². The molecule has 0 aromatic heterocycles. The smallest absolute Gasteiger partial charge is 0.251 e. The van der Waals surface area contributed by atoms with Gasteiger partial charge in [0.05, 0.1) is 6.54 Å². The van der Waals surface area contributed by atoms with Gasteiger partial charge in [-0.3, -0.25) is 9.59 Å². The maximum Gasteiger partial charge on any atom is 0.251 e. The van der Waals surface area contributed by atoms with Crippen LogP contribution in [0.3, 0.4) is 0 Å². The lowest BCUT2D eigenvalue weighted by molar-refractivity contribution is -0.120. The maximum absolute atomic E-state index is 11.8. The summed E-state index contributed by atoms with van der Waals surface area (Å²) in [5.41, 5.74) is 0.288. The van der Waals surface area contributed by atoms with E-state index in [0.717, 1.165) is 12.8 Å². The predicted octanol–water partition coefficient (Wildman–Crippen LogP) is 1.98. The number of nitrogens with one attached hydrogen (secondary N) is 2. The molecule has 3 N–H and O–H groups in total. The molecule has 22 heavy (non-hydrogen) atoms. The van der Waals surface area contributed by atoms with Crippen molar-refractivity contribution >= 4 is 23.4 Å². The molecule has 1 aromatic rings. The summed E-state index contributed by atoms with van der Waals surface area (Å²) < 4.78 is 0. The predicted molar refractivity (Wildman–Crippen MR) is 86.9 cm³/mol. The van der Waals surface area contributed by atoms with Crippen molar-refractivity contribution in [3.05, 3.63) is 34.9 Å². The number of halogens is 1. The maximum atomic E-state index is 11.8. The Balaban J connectivity index is 2.25. The fraction of sp³-hybridized carbons (Fsp3) is 0.500. The molecule has 0 aliphatic carbocycles. The summed E-state index contributed by atoms with van der Waals surface area (Å²) in [5.74, 6) is -0.573. The molecule has 0 heterocycles. The molecule has 0 spiro atoms. The van der Waals surface area contributed by atoms with Crippen LogP contribution >= 0.6 is 11.6 Å². The molecule has 122 valence electrons. The molecule has 0 atom stereocenters. The molecular weight excluding hydrogens is 304 g/mol. The van der Waals surface area contributed by atoms with Gasteiger partial charge in [0.25, 0.3) is 5.91 Å². The molecule has 1 rings (SSSR count). The summed E-state index contributed by atoms with van der Waals surface area (Å²) in [5, 5.41) is 14.9. The lowest BCUT2D eigenvalue weighted by atomic mass is 9.89. The molecule has 0 saturated carbocycles.